The van der Waals surface area contributed by atoms with Gasteiger partial charge in [0.05, 0.1) is 31.2 Å². The molecule has 106 valence electrons. The number of ether oxygens (including phenoxy) is 1. The van der Waals surface area contributed by atoms with Crippen LogP contribution in [0, 0.1) is 11.3 Å². The molecule has 0 unspecified atom stereocenters. The van der Waals surface area contributed by atoms with Crippen LogP contribution in [0.2, 0.25) is 0 Å². The first-order valence-electron chi connectivity index (χ1n) is 6.32. The summed E-state index contributed by atoms with van der Waals surface area (Å²) in [7, 11) is 0. The lowest BCUT2D eigenvalue weighted by molar-refractivity contribution is -0.143. The zero-order valence-corrected chi connectivity index (χ0v) is 11.3. The van der Waals surface area contributed by atoms with Crippen LogP contribution in [0.1, 0.15) is 18.9 Å². The van der Waals surface area contributed by atoms with E-state index in [1.807, 2.05) is 6.07 Å². The fraction of sp³-hybridized carbons (Fsp3) is 0.357. The van der Waals surface area contributed by atoms with Crippen molar-refractivity contribution in [1.29, 1.82) is 5.26 Å². The van der Waals surface area contributed by atoms with E-state index in [2.05, 4.69) is 10.6 Å². The fourth-order valence-electron chi connectivity index (χ4n) is 1.46. The van der Waals surface area contributed by atoms with Gasteiger partial charge < -0.3 is 15.4 Å². The zero-order valence-electron chi connectivity index (χ0n) is 11.3. The molecular weight excluding hydrogens is 258 g/mol. The lowest BCUT2D eigenvalue weighted by Gasteiger charge is -2.06. The molecule has 1 aromatic rings. The van der Waals surface area contributed by atoms with Gasteiger partial charge in [-0.15, -0.1) is 0 Å². The number of hydrogen-bond donors (Lipinski definition) is 2. The van der Waals surface area contributed by atoms with Crippen LogP contribution in [0.4, 0.5) is 5.69 Å². The molecule has 0 spiro atoms. The van der Waals surface area contributed by atoms with E-state index in [0.29, 0.717) is 24.4 Å². The summed E-state index contributed by atoms with van der Waals surface area (Å²) in [5.74, 6) is -0.494. The molecule has 6 nitrogen and oxygen atoms in total. The summed E-state index contributed by atoms with van der Waals surface area (Å²) in [6.45, 7) is 2.60. The standard InChI is InChI=1S/C14H17N3O3/c1-2-20-14(19)7-8-16-10-13(18)17-12-5-3-11(9-15)4-6-12/h3-6,16H,2,7-8,10H2,1H3,(H,17,18). The quantitative estimate of drug-likeness (QED) is 0.573. The van der Waals surface area contributed by atoms with Gasteiger partial charge in [0.15, 0.2) is 0 Å². The first kappa shape index (κ1) is 15.7. The van der Waals surface area contributed by atoms with E-state index in [-0.39, 0.29) is 24.8 Å². The number of benzene rings is 1. The van der Waals surface area contributed by atoms with Gasteiger partial charge in [-0.3, -0.25) is 9.59 Å². The lowest BCUT2D eigenvalue weighted by Crippen LogP contribution is -2.29. The number of nitrogens with one attached hydrogen (secondary N) is 2. The van der Waals surface area contributed by atoms with Crippen LogP contribution in [0.3, 0.4) is 0 Å². The van der Waals surface area contributed by atoms with E-state index in [0.717, 1.165) is 0 Å². The molecule has 2 N–H and O–H groups in total. The van der Waals surface area contributed by atoms with E-state index < -0.39 is 0 Å². The molecule has 1 rings (SSSR count). The minimum Gasteiger partial charge on any atom is -0.466 e. The van der Waals surface area contributed by atoms with Crippen molar-refractivity contribution in [2.45, 2.75) is 13.3 Å². The summed E-state index contributed by atoms with van der Waals surface area (Å²) in [6, 6.07) is 8.58. The van der Waals surface area contributed by atoms with E-state index in [1.165, 1.54) is 0 Å². The summed E-state index contributed by atoms with van der Waals surface area (Å²) in [5.41, 5.74) is 1.16. The minimum atomic E-state index is -0.285. The monoisotopic (exact) mass is 275 g/mol. The molecule has 0 aliphatic carbocycles. The average molecular weight is 275 g/mol. The highest BCUT2D eigenvalue weighted by molar-refractivity contribution is 5.92. The van der Waals surface area contributed by atoms with Crippen LogP contribution in [0.5, 0.6) is 0 Å². The predicted octanol–water partition coefficient (Wildman–Crippen LogP) is 1.04. The molecule has 0 bridgehead atoms. The molecule has 0 aromatic heterocycles. The van der Waals surface area contributed by atoms with Crippen LogP contribution >= 0.6 is 0 Å². The van der Waals surface area contributed by atoms with Crippen molar-refractivity contribution in [3.63, 3.8) is 0 Å². The normalized spacial score (nSPS) is 9.60. The van der Waals surface area contributed by atoms with Crippen molar-refractivity contribution in [2.75, 3.05) is 25.0 Å². The summed E-state index contributed by atoms with van der Waals surface area (Å²) in [4.78, 5) is 22.6. The Morgan fingerprint density at radius 1 is 1.30 bits per heavy atom. The maximum absolute atomic E-state index is 11.6. The highest BCUT2D eigenvalue weighted by Gasteiger charge is 2.04. The molecular formula is C14H17N3O3. The number of rotatable bonds is 7. The molecule has 0 aliphatic rings. The second-order valence-electron chi connectivity index (χ2n) is 3.97. The van der Waals surface area contributed by atoms with Crippen molar-refractivity contribution in [3.05, 3.63) is 29.8 Å². The van der Waals surface area contributed by atoms with Gasteiger partial charge >= 0.3 is 5.97 Å². The average Bonchev–Trinajstić information content (AvgIpc) is 2.45. The Morgan fingerprint density at radius 3 is 2.60 bits per heavy atom. The second kappa shape index (κ2) is 8.67. The van der Waals surface area contributed by atoms with Gasteiger partial charge in [-0.1, -0.05) is 0 Å². The smallest absolute Gasteiger partial charge is 0.307 e. The maximum atomic E-state index is 11.6. The first-order valence-corrected chi connectivity index (χ1v) is 6.32. The van der Waals surface area contributed by atoms with Gasteiger partial charge in [0.25, 0.3) is 0 Å². The third-order valence-corrected chi connectivity index (χ3v) is 2.39. The van der Waals surface area contributed by atoms with Crippen molar-refractivity contribution >= 4 is 17.6 Å². The summed E-state index contributed by atoms with van der Waals surface area (Å²) in [6.07, 6.45) is 0.234. The topological polar surface area (TPSA) is 91.2 Å². The number of hydrogen-bond acceptors (Lipinski definition) is 5. The molecule has 1 amide bonds. The van der Waals surface area contributed by atoms with E-state index in [4.69, 9.17) is 10.00 Å². The number of anilines is 1. The van der Waals surface area contributed by atoms with Crippen molar-refractivity contribution in [2.24, 2.45) is 0 Å². The summed E-state index contributed by atoms with van der Waals surface area (Å²) >= 11 is 0. The van der Waals surface area contributed by atoms with Gasteiger partial charge in [0.1, 0.15) is 0 Å². The molecule has 6 heteroatoms. The maximum Gasteiger partial charge on any atom is 0.307 e. The third-order valence-electron chi connectivity index (χ3n) is 2.39. The van der Waals surface area contributed by atoms with Crippen LogP contribution in [-0.4, -0.2) is 31.6 Å². The Morgan fingerprint density at radius 2 is 2.00 bits per heavy atom. The molecule has 0 radical (unpaired) electrons. The van der Waals surface area contributed by atoms with Crippen LogP contribution in [0.15, 0.2) is 24.3 Å². The fourth-order valence-corrected chi connectivity index (χ4v) is 1.46. The van der Waals surface area contributed by atoms with E-state index in [1.54, 1.807) is 31.2 Å². The van der Waals surface area contributed by atoms with Gasteiger partial charge in [-0.2, -0.15) is 5.26 Å². The Balaban J connectivity index is 2.23. The van der Waals surface area contributed by atoms with Gasteiger partial charge in [-0.25, -0.2) is 0 Å². The van der Waals surface area contributed by atoms with Gasteiger partial charge in [-0.05, 0) is 31.2 Å². The molecule has 20 heavy (non-hydrogen) atoms. The molecule has 0 aliphatic heterocycles. The Kier molecular flexibility index (Phi) is 6.79. The number of nitrogens with zero attached hydrogens (tertiary/aromatic N) is 1. The number of esters is 1. The van der Waals surface area contributed by atoms with Gasteiger partial charge in [0.2, 0.25) is 5.91 Å². The van der Waals surface area contributed by atoms with Crippen molar-refractivity contribution in [1.82, 2.24) is 5.32 Å². The number of carbonyl (C=O) groups excluding carboxylic acids is 2. The summed E-state index contributed by atoms with van der Waals surface area (Å²) in [5, 5.41) is 14.2. The summed E-state index contributed by atoms with van der Waals surface area (Å²) < 4.78 is 4.76. The highest BCUT2D eigenvalue weighted by Crippen LogP contribution is 2.08. The van der Waals surface area contributed by atoms with E-state index >= 15 is 0 Å². The SMILES string of the molecule is CCOC(=O)CCNCC(=O)Nc1ccc(C#N)cc1. The largest absolute Gasteiger partial charge is 0.466 e. The first-order chi connectivity index (χ1) is 9.65. The Labute approximate surface area is 117 Å². The molecule has 0 fully saturated rings. The van der Waals surface area contributed by atoms with Crippen molar-refractivity contribution < 1.29 is 14.3 Å². The Hall–Kier alpha value is -2.39. The highest BCUT2D eigenvalue weighted by atomic mass is 16.5. The van der Waals surface area contributed by atoms with Crippen LogP contribution in [-0.2, 0) is 14.3 Å². The Bertz CT molecular complexity index is 491. The van der Waals surface area contributed by atoms with Gasteiger partial charge in [0, 0.05) is 12.2 Å². The van der Waals surface area contributed by atoms with Crippen LogP contribution < -0.4 is 10.6 Å². The second-order valence-corrected chi connectivity index (χ2v) is 3.97. The molecule has 0 saturated heterocycles. The zero-order chi connectivity index (χ0) is 14.8. The number of amides is 1. The molecule has 0 heterocycles. The van der Waals surface area contributed by atoms with E-state index in [9.17, 15) is 9.59 Å². The third kappa shape index (κ3) is 5.98. The van der Waals surface area contributed by atoms with Crippen molar-refractivity contribution in [3.8, 4) is 6.07 Å². The molecule has 1 aromatic carbocycles. The molecule has 0 saturated carbocycles. The minimum absolute atomic E-state index is 0.111. The lowest BCUT2D eigenvalue weighted by atomic mass is 10.2. The molecule has 0 atom stereocenters. The number of carbonyl (C=O) groups is 2. The predicted molar refractivity (Wildman–Crippen MR) is 73.9 cm³/mol. The van der Waals surface area contributed by atoms with Crippen LogP contribution in [0.25, 0.3) is 0 Å². The number of nitriles is 1.